The first-order valence-corrected chi connectivity index (χ1v) is 7.35. The average Bonchev–Trinajstić information content (AvgIpc) is 2.84. The van der Waals surface area contributed by atoms with Gasteiger partial charge in [0, 0.05) is 17.5 Å². The largest absolute Gasteiger partial charge is 0.351 e. The number of rotatable bonds is 4. The maximum atomic E-state index is 12.0. The maximum absolute atomic E-state index is 12.0. The van der Waals surface area contributed by atoms with E-state index in [0.717, 1.165) is 24.4 Å². The lowest BCUT2D eigenvalue weighted by molar-refractivity contribution is -0.120. The van der Waals surface area contributed by atoms with Gasteiger partial charge < -0.3 is 10.6 Å². The third-order valence-electron chi connectivity index (χ3n) is 2.92. The molecule has 2 atom stereocenters. The number of benzene rings is 1. The fraction of sp³-hybridized carbons (Fsp3) is 0.462. The minimum absolute atomic E-state index is 0. The molecule has 1 saturated heterocycles. The van der Waals surface area contributed by atoms with Crippen LogP contribution in [-0.4, -0.2) is 30.3 Å². The molecule has 0 radical (unpaired) electrons. The summed E-state index contributed by atoms with van der Waals surface area (Å²) in [5.74, 6) is 0.0774. The SMILES string of the molecule is CC(Sc1ccccc1Cl)C(=O)NC1CCNC1.Cl. The summed E-state index contributed by atoms with van der Waals surface area (Å²) in [6.07, 6.45) is 1.01. The highest BCUT2D eigenvalue weighted by atomic mass is 35.5. The molecule has 3 nitrogen and oxygen atoms in total. The van der Waals surface area contributed by atoms with Crippen LogP contribution in [0.3, 0.4) is 0 Å². The van der Waals surface area contributed by atoms with Crippen LogP contribution in [-0.2, 0) is 4.79 Å². The molecule has 1 aromatic carbocycles. The van der Waals surface area contributed by atoms with Crippen molar-refractivity contribution < 1.29 is 4.79 Å². The lowest BCUT2D eigenvalue weighted by atomic mass is 10.2. The van der Waals surface area contributed by atoms with E-state index < -0.39 is 0 Å². The quantitative estimate of drug-likeness (QED) is 0.838. The van der Waals surface area contributed by atoms with E-state index in [2.05, 4.69) is 10.6 Å². The van der Waals surface area contributed by atoms with Gasteiger partial charge in [-0.15, -0.1) is 24.2 Å². The molecule has 1 aromatic rings. The molecular formula is C13H18Cl2N2OS. The number of nitrogens with one attached hydrogen (secondary N) is 2. The van der Waals surface area contributed by atoms with Crippen LogP contribution in [0.2, 0.25) is 5.02 Å². The molecule has 0 saturated carbocycles. The number of thioether (sulfide) groups is 1. The minimum atomic E-state index is -0.134. The van der Waals surface area contributed by atoms with Crippen molar-refractivity contribution >= 4 is 41.7 Å². The van der Waals surface area contributed by atoms with Crippen molar-refractivity contribution in [1.29, 1.82) is 0 Å². The molecule has 1 aliphatic rings. The van der Waals surface area contributed by atoms with Crippen LogP contribution < -0.4 is 10.6 Å². The second-order valence-electron chi connectivity index (χ2n) is 4.39. The Morgan fingerprint density at radius 2 is 2.26 bits per heavy atom. The second kappa shape index (κ2) is 8.00. The van der Waals surface area contributed by atoms with Crippen LogP contribution in [0.5, 0.6) is 0 Å². The highest BCUT2D eigenvalue weighted by Gasteiger charge is 2.21. The highest BCUT2D eigenvalue weighted by molar-refractivity contribution is 8.00. The number of carbonyl (C=O) groups excluding carboxylic acids is 1. The third kappa shape index (κ3) is 4.88. The highest BCUT2D eigenvalue weighted by Crippen LogP contribution is 2.30. The predicted molar refractivity (Wildman–Crippen MR) is 83.4 cm³/mol. The lowest BCUT2D eigenvalue weighted by Crippen LogP contribution is -2.40. The summed E-state index contributed by atoms with van der Waals surface area (Å²) in [6.45, 7) is 3.76. The predicted octanol–water partition coefficient (Wildman–Crippen LogP) is 2.72. The van der Waals surface area contributed by atoms with E-state index in [9.17, 15) is 4.79 Å². The van der Waals surface area contributed by atoms with Gasteiger partial charge in [-0.05, 0) is 32.0 Å². The first-order valence-electron chi connectivity index (χ1n) is 6.09. The number of amides is 1. The zero-order chi connectivity index (χ0) is 13.0. The first kappa shape index (κ1) is 16.6. The van der Waals surface area contributed by atoms with Crippen LogP contribution >= 0.6 is 35.8 Å². The van der Waals surface area contributed by atoms with Crippen LogP contribution in [0, 0.1) is 0 Å². The zero-order valence-corrected chi connectivity index (χ0v) is 13.1. The molecule has 1 fully saturated rings. The minimum Gasteiger partial charge on any atom is -0.351 e. The van der Waals surface area contributed by atoms with Gasteiger partial charge in [-0.3, -0.25) is 4.79 Å². The Morgan fingerprint density at radius 1 is 1.53 bits per heavy atom. The summed E-state index contributed by atoms with van der Waals surface area (Å²) in [5.41, 5.74) is 0. The molecule has 2 N–H and O–H groups in total. The number of hydrogen-bond acceptors (Lipinski definition) is 3. The Bertz CT molecular complexity index is 425. The second-order valence-corrected chi connectivity index (χ2v) is 6.18. The maximum Gasteiger partial charge on any atom is 0.233 e. The number of halogens is 2. The molecular weight excluding hydrogens is 303 g/mol. The van der Waals surface area contributed by atoms with E-state index in [4.69, 9.17) is 11.6 Å². The van der Waals surface area contributed by atoms with E-state index in [1.165, 1.54) is 11.8 Å². The van der Waals surface area contributed by atoms with Gasteiger partial charge in [0.25, 0.3) is 0 Å². The van der Waals surface area contributed by atoms with Gasteiger partial charge in [-0.25, -0.2) is 0 Å². The van der Waals surface area contributed by atoms with Crippen LogP contribution in [0.15, 0.2) is 29.2 Å². The lowest BCUT2D eigenvalue weighted by Gasteiger charge is -2.16. The molecule has 0 bridgehead atoms. The third-order valence-corrected chi connectivity index (χ3v) is 4.54. The average molecular weight is 321 g/mol. The van der Waals surface area contributed by atoms with Gasteiger partial charge in [0.2, 0.25) is 5.91 Å². The summed E-state index contributed by atoms with van der Waals surface area (Å²) in [5, 5.41) is 6.85. The van der Waals surface area contributed by atoms with Crippen molar-refractivity contribution in [2.75, 3.05) is 13.1 Å². The summed E-state index contributed by atoms with van der Waals surface area (Å²) in [7, 11) is 0. The molecule has 0 aliphatic carbocycles. The van der Waals surface area contributed by atoms with Crippen LogP contribution in [0.25, 0.3) is 0 Å². The number of hydrogen-bond donors (Lipinski definition) is 2. The molecule has 6 heteroatoms. The zero-order valence-electron chi connectivity index (χ0n) is 10.7. The van der Waals surface area contributed by atoms with Crippen molar-refractivity contribution in [3.63, 3.8) is 0 Å². The molecule has 1 heterocycles. The van der Waals surface area contributed by atoms with Gasteiger partial charge in [0.1, 0.15) is 0 Å². The van der Waals surface area contributed by atoms with E-state index in [1.54, 1.807) is 0 Å². The Hall–Kier alpha value is -0.420. The van der Waals surface area contributed by atoms with Crippen LogP contribution in [0.4, 0.5) is 0 Å². The van der Waals surface area contributed by atoms with Crippen molar-refractivity contribution in [3.05, 3.63) is 29.3 Å². The van der Waals surface area contributed by atoms with E-state index in [0.29, 0.717) is 5.02 Å². The van der Waals surface area contributed by atoms with Gasteiger partial charge >= 0.3 is 0 Å². The molecule has 2 rings (SSSR count). The van der Waals surface area contributed by atoms with Crippen molar-refractivity contribution in [2.45, 2.75) is 29.5 Å². The molecule has 2 unspecified atom stereocenters. The number of carbonyl (C=O) groups is 1. The molecule has 1 amide bonds. The van der Waals surface area contributed by atoms with Gasteiger partial charge in [-0.2, -0.15) is 0 Å². The van der Waals surface area contributed by atoms with Crippen LogP contribution in [0.1, 0.15) is 13.3 Å². The van der Waals surface area contributed by atoms with Gasteiger partial charge in [0.05, 0.1) is 10.3 Å². The van der Waals surface area contributed by atoms with Crippen molar-refractivity contribution in [2.24, 2.45) is 0 Å². The Morgan fingerprint density at radius 3 is 2.89 bits per heavy atom. The molecule has 106 valence electrons. The van der Waals surface area contributed by atoms with E-state index in [1.807, 2.05) is 31.2 Å². The smallest absolute Gasteiger partial charge is 0.233 e. The molecule has 0 aromatic heterocycles. The molecule has 1 aliphatic heterocycles. The van der Waals surface area contributed by atoms with Gasteiger partial charge in [0.15, 0.2) is 0 Å². The topological polar surface area (TPSA) is 41.1 Å². The Balaban J connectivity index is 0.00000180. The van der Waals surface area contributed by atoms with E-state index >= 15 is 0 Å². The normalized spacial score (nSPS) is 19.6. The summed E-state index contributed by atoms with van der Waals surface area (Å²) in [4.78, 5) is 13.0. The Kier molecular flexibility index (Phi) is 7.00. The Labute approximate surface area is 129 Å². The van der Waals surface area contributed by atoms with E-state index in [-0.39, 0.29) is 29.6 Å². The standard InChI is InChI=1S/C13H17ClN2OS.ClH/c1-9(13(17)16-10-6-7-15-8-10)18-12-5-3-2-4-11(12)14;/h2-5,9-10,15H,6-8H2,1H3,(H,16,17);1H. The van der Waals surface area contributed by atoms with Crippen molar-refractivity contribution in [1.82, 2.24) is 10.6 Å². The summed E-state index contributed by atoms with van der Waals surface area (Å²) in [6, 6.07) is 7.87. The molecule has 0 spiro atoms. The monoisotopic (exact) mass is 320 g/mol. The van der Waals surface area contributed by atoms with Gasteiger partial charge in [-0.1, -0.05) is 23.7 Å². The fourth-order valence-electron chi connectivity index (χ4n) is 1.88. The van der Waals surface area contributed by atoms with Crippen molar-refractivity contribution in [3.8, 4) is 0 Å². The fourth-order valence-corrected chi connectivity index (χ4v) is 3.04. The first-order chi connectivity index (χ1) is 8.66. The molecule has 19 heavy (non-hydrogen) atoms. The summed E-state index contributed by atoms with van der Waals surface area (Å²) >= 11 is 7.58. The summed E-state index contributed by atoms with van der Waals surface area (Å²) < 4.78 is 0.